The third-order valence-electron chi connectivity index (χ3n) is 2.84. The molecule has 0 saturated heterocycles. The minimum atomic E-state index is -0.444. The van der Waals surface area contributed by atoms with Crippen LogP contribution in [0.1, 0.15) is 17.2 Å². The maximum atomic E-state index is 9.94. The SMILES string of the molecule is OC(CNCCc1cccnc1)c1ccccc1. The van der Waals surface area contributed by atoms with Gasteiger partial charge in [-0.05, 0) is 30.2 Å². The first-order valence-electron chi connectivity index (χ1n) is 6.19. The molecule has 1 aromatic heterocycles. The lowest BCUT2D eigenvalue weighted by molar-refractivity contribution is 0.175. The zero-order chi connectivity index (χ0) is 12.6. The largest absolute Gasteiger partial charge is 0.387 e. The van der Waals surface area contributed by atoms with Gasteiger partial charge in [0.1, 0.15) is 0 Å². The molecule has 0 spiro atoms. The predicted octanol–water partition coefficient (Wildman–Crippen LogP) is 1.95. The highest BCUT2D eigenvalue weighted by molar-refractivity contribution is 5.17. The zero-order valence-corrected chi connectivity index (χ0v) is 10.3. The first kappa shape index (κ1) is 12.7. The molecule has 1 unspecified atom stereocenters. The Morgan fingerprint density at radius 3 is 2.67 bits per heavy atom. The van der Waals surface area contributed by atoms with E-state index in [4.69, 9.17) is 0 Å². The highest BCUT2D eigenvalue weighted by atomic mass is 16.3. The van der Waals surface area contributed by atoms with Crippen molar-refractivity contribution in [3.8, 4) is 0 Å². The molecule has 1 heterocycles. The molecular weight excluding hydrogens is 224 g/mol. The summed E-state index contributed by atoms with van der Waals surface area (Å²) in [6, 6.07) is 13.7. The predicted molar refractivity (Wildman–Crippen MR) is 72.2 cm³/mol. The fourth-order valence-electron chi connectivity index (χ4n) is 1.81. The lowest BCUT2D eigenvalue weighted by atomic mass is 10.1. The number of hydrogen-bond donors (Lipinski definition) is 2. The maximum Gasteiger partial charge on any atom is 0.0914 e. The summed E-state index contributed by atoms with van der Waals surface area (Å²) in [5.74, 6) is 0. The molecule has 0 aliphatic heterocycles. The molecule has 18 heavy (non-hydrogen) atoms. The normalized spacial score (nSPS) is 12.3. The smallest absolute Gasteiger partial charge is 0.0914 e. The van der Waals surface area contributed by atoms with Crippen molar-refractivity contribution >= 4 is 0 Å². The molecular formula is C15H18N2O. The third-order valence-corrected chi connectivity index (χ3v) is 2.84. The summed E-state index contributed by atoms with van der Waals surface area (Å²) in [4.78, 5) is 4.07. The van der Waals surface area contributed by atoms with Crippen molar-refractivity contribution in [2.75, 3.05) is 13.1 Å². The minimum Gasteiger partial charge on any atom is -0.387 e. The molecule has 0 fully saturated rings. The van der Waals surface area contributed by atoms with Crippen LogP contribution < -0.4 is 5.32 Å². The van der Waals surface area contributed by atoms with Gasteiger partial charge in [0, 0.05) is 18.9 Å². The number of hydrogen-bond acceptors (Lipinski definition) is 3. The van der Waals surface area contributed by atoms with Crippen molar-refractivity contribution < 1.29 is 5.11 Å². The van der Waals surface area contributed by atoms with Gasteiger partial charge in [-0.25, -0.2) is 0 Å². The van der Waals surface area contributed by atoms with E-state index >= 15 is 0 Å². The van der Waals surface area contributed by atoms with E-state index in [0.717, 1.165) is 18.5 Å². The molecule has 1 atom stereocenters. The van der Waals surface area contributed by atoms with Crippen LogP contribution in [0.2, 0.25) is 0 Å². The molecule has 2 N–H and O–H groups in total. The van der Waals surface area contributed by atoms with Crippen LogP contribution in [0.3, 0.4) is 0 Å². The van der Waals surface area contributed by atoms with Crippen molar-refractivity contribution in [1.82, 2.24) is 10.3 Å². The standard InChI is InChI=1S/C15H18N2O/c18-15(14-6-2-1-3-7-14)12-17-10-8-13-5-4-9-16-11-13/h1-7,9,11,15,17-18H,8,10,12H2. The average molecular weight is 242 g/mol. The van der Waals surface area contributed by atoms with Gasteiger partial charge in [0.05, 0.1) is 6.10 Å². The number of nitrogens with one attached hydrogen (secondary N) is 1. The van der Waals surface area contributed by atoms with E-state index in [1.807, 2.05) is 42.6 Å². The quantitative estimate of drug-likeness (QED) is 0.761. The van der Waals surface area contributed by atoms with E-state index in [2.05, 4.69) is 16.4 Å². The molecule has 3 nitrogen and oxygen atoms in total. The Labute approximate surface area is 108 Å². The van der Waals surface area contributed by atoms with Gasteiger partial charge in [0.15, 0.2) is 0 Å². The van der Waals surface area contributed by atoms with E-state index in [-0.39, 0.29) is 0 Å². The monoisotopic (exact) mass is 242 g/mol. The van der Waals surface area contributed by atoms with Crippen LogP contribution in [0, 0.1) is 0 Å². The summed E-state index contributed by atoms with van der Waals surface area (Å²) in [7, 11) is 0. The summed E-state index contributed by atoms with van der Waals surface area (Å²) in [6.45, 7) is 1.42. The van der Waals surface area contributed by atoms with Gasteiger partial charge in [0.25, 0.3) is 0 Å². The Balaban J connectivity index is 1.70. The molecule has 1 aromatic carbocycles. The maximum absolute atomic E-state index is 9.94. The van der Waals surface area contributed by atoms with Gasteiger partial charge in [-0.1, -0.05) is 36.4 Å². The van der Waals surface area contributed by atoms with Gasteiger partial charge in [-0.2, -0.15) is 0 Å². The number of rotatable bonds is 6. The number of pyridine rings is 1. The first-order chi connectivity index (χ1) is 8.86. The number of nitrogens with zero attached hydrogens (tertiary/aromatic N) is 1. The second-order valence-electron chi connectivity index (χ2n) is 4.24. The molecule has 0 radical (unpaired) electrons. The number of aromatic nitrogens is 1. The molecule has 3 heteroatoms. The van der Waals surface area contributed by atoms with Crippen LogP contribution in [-0.4, -0.2) is 23.2 Å². The van der Waals surface area contributed by atoms with Crippen LogP contribution in [0.15, 0.2) is 54.9 Å². The van der Waals surface area contributed by atoms with Gasteiger partial charge in [-0.3, -0.25) is 4.98 Å². The van der Waals surface area contributed by atoms with E-state index in [1.54, 1.807) is 6.20 Å². The van der Waals surface area contributed by atoms with Crippen LogP contribution >= 0.6 is 0 Å². The van der Waals surface area contributed by atoms with E-state index < -0.39 is 6.10 Å². The Morgan fingerprint density at radius 1 is 1.11 bits per heavy atom. The van der Waals surface area contributed by atoms with Gasteiger partial charge in [0.2, 0.25) is 0 Å². The Bertz CT molecular complexity index is 445. The second-order valence-corrected chi connectivity index (χ2v) is 4.24. The third kappa shape index (κ3) is 3.95. The molecule has 2 aromatic rings. The van der Waals surface area contributed by atoms with E-state index in [0.29, 0.717) is 6.54 Å². The number of aliphatic hydroxyl groups excluding tert-OH is 1. The van der Waals surface area contributed by atoms with Crippen molar-refractivity contribution in [1.29, 1.82) is 0 Å². The number of benzene rings is 1. The number of aliphatic hydroxyl groups is 1. The molecule has 2 rings (SSSR count). The summed E-state index contributed by atoms with van der Waals surface area (Å²) in [5.41, 5.74) is 2.16. The van der Waals surface area contributed by atoms with E-state index in [9.17, 15) is 5.11 Å². The minimum absolute atomic E-state index is 0.444. The fourth-order valence-corrected chi connectivity index (χ4v) is 1.81. The summed E-state index contributed by atoms with van der Waals surface area (Å²) >= 11 is 0. The average Bonchev–Trinajstić information content (AvgIpc) is 2.45. The lowest BCUT2D eigenvalue weighted by Crippen LogP contribution is -2.23. The molecule has 0 amide bonds. The van der Waals surface area contributed by atoms with Crippen LogP contribution in [0.4, 0.5) is 0 Å². The first-order valence-corrected chi connectivity index (χ1v) is 6.19. The van der Waals surface area contributed by atoms with Crippen LogP contribution in [0.25, 0.3) is 0 Å². The van der Waals surface area contributed by atoms with Crippen molar-refractivity contribution in [3.05, 3.63) is 66.0 Å². The highest BCUT2D eigenvalue weighted by Crippen LogP contribution is 2.10. The van der Waals surface area contributed by atoms with Gasteiger partial charge >= 0.3 is 0 Å². The molecule has 94 valence electrons. The summed E-state index contributed by atoms with van der Waals surface area (Å²) in [6.07, 6.45) is 4.13. The van der Waals surface area contributed by atoms with Gasteiger partial charge in [-0.15, -0.1) is 0 Å². The molecule has 0 aliphatic carbocycles. The lowest BCUT2D eigenvalue weighted by Gasteiger charge is -2.11. The highest BCUT2D eigenvalue weighted by Gasteiger charge is 2.05. The zero-order valence-electron chi connectivity index (χ0n) is 10.3. The fraction of sp³-hybridized carbons (Fsp3) is 0.267. The van der Waals surface area contributed by atoms with Crippen LogP contribution in [-0.2, 0) is 6.42 Å². The van der Waals surface area contributed by atoms with Crippen LogP contribution in [0.5, 0.6) is 0 Å². The van der Waals surface area contributed by atoms with Crippen molar-refractivity contribution in [2.24, 2.45) is 0 Å². The Morgan fingerprint density at radius 2 is 1.94 bits per heavy atom. The topological polar surface area (TPSA) is 45.1 Å². The Hall–Kier alpha value is -1.71. The second kappa shape index (κ2) is 6.89. The molecule has 0 bridgehead atoms. The molecule has 0 aliphatic rings. The van der Waals surface area contributed by atoms with E-state index in [1.165, 1.54) is 5.56 Å². The summed E-state index contributed by atoms with van der Waals surface area (Å²) in [5, 5.41) is 13.2. The van der Waals surface area contributed by atoms with Crippen molar-refractivity contribution in [2.45, 2.75) is 12.5 Å². The molecule has 0 saturated carbocycles. The summed E-state index contributed by atoms with van der Waals surface area (Å²) < 4.78 is 0. The Kier molecular flexibility index (Phi) is 4.88. The van der Waals surface area contributed by atoms with Crippen molar-refractivity contribution in [3.63, 3.8) is 0 Å². The van der Waals surface area contributed by atoms with Gasteiger partial charge < -0.3 is 10.4 Å².